The lowest BCUT2D eigenvalue weighted by Crippen LogP contribution is -2.20. The zero-order valence-corrected chi connectivity index (χ0v) is 11.6. The fourth-order valence-electron chi connectivity index (χ4n) is 1.54. The van der Waals surface area contributed by atoms with Crippen molar-refractivity contribution in [3.05, 3.63) is 52.3 Å². The molecule has 0 bridgehead atoms. The molecular weight excluding hydrogens is 285 g/mol. The topological polar surface area (TPSA) is 54.0 Å². The Balaban J connectivity index is 2.12. The monoisotopic (exact) mass is 295 g/mol. The molecule has 0 aliphatic heterocycles. The second kappa shape index (κ2) is 5.91. The average Bonchev–Trinajstić information content (AvgIpc) is 2.35. The summed E-state index contributed by atoms with van der Waals surface area (Å²) in [6.07, 6.45) is 0. The van der Waals surface area contributed by atoms with Gasteiger partial charge in [-0.2, -0.15) is 0 Å². The molecule has 2 rings (SSSR count). The van der Waals surface area contributed by atoms with E-state index < -0.39 is 0 Å². The van der Waals surface area contributed by atoms with Gasteiger partial charge in [-0.15, -0.1) is 0 Å². The van der Waals surface area contributed by atoms with Gasteiger partial charge >= 0.3 is 6.03 Å². The Bertz CT molecular complexity index is 579. The Kier molecular flexibility index (Phi) is 4.24. The number of anilines is 2. The predicted octanol–water partition coefficient (Wildman–Crippen LogP) is 4.34. The molecule has 4 nitrogen and oxygen atoms in total. The maximum absolute atomic E-state index is 11.8. The smallest absolute Gasteiger partial charge is 0.308 e. The molecule has 1 aromatic heterocycles. The minimum Gasteiger partial charge on any atom is -0.308 e. The number of aromatic nitrogens is 1. The highest BCUT2D eigenvalue weighted by molar-refractivity contribution is 6.34. The van der Waals surface area contributed by atoms with E-state index in [1.54, 1.807) is 25.1 Å². The summed E-state index contributed by atoms with van der Waals surface area (Å²) in [5.74, 6) is 0. The van der Waals surface area contributed by atoms with Crippen molar-refractivity contribution in [3.63, 3.8) is 0 Å². The molecule has 0 atom stereocenters. The van der Waals surface area contributed by atoms with Crippen LogP contribution in [-0.2, 0) is 0 Å². The molecule has 2 N–H and O–H groups in total. The van der Waals surface area contributed by atoms with Gasteiger partial charge in [0.1, 0.15) is 5.15 Å². The summed E-state index contributed by atoms with van der Waals surface area (Å²) in [5.41, 5.74) is 1.88. The van der Waals surface area contributed by atoms with Crippen molar-refractivity contribution in [1.82, 2.24) is 4.98 Å². The van der Waals surface area contributed by atoms with Gasteiger partial charge in [0.05, 0.1) is 5.69 Å². The lowest BCUT2D eigenvalue weighted by atomic mass is 10.2. The molecular formula is C13H11Cl2N3O. The SMILES string of the molecule is Cc1cc(Cl)nc(Cl)c1NC(=O)Nc1ccccc1. The van der Waals surface area contributed by atoms with E-state index in [2.05, 4.69) is 15.6 Å². The van der Waals surface area contributed by atoms with Crippen molar-refractivity contribution in [3.8, 4) is 0 Å². The molecule has 0 unspecified atom stereocenters. The second-order valence-electron chi connectivity index (χ2n) is 3.87. The van der Waals surface area contributed by atoms with Crippen molar-refractivity contribution in [2.24, 2.45) is 0 Å². The van der Waals surface area contributed by atoms with E-state index >= 15 is 0 Å². The molecule has 1 aromatic carbocycles. The van der Waals surface area contributed by atoms with Crippen LogP contribution in [0.15, 0.2) is 36.4 Å². The van der Waals surface area contributed by atoms with Gasteiger partial charge in [-0.25, -0.2) is 9.78 Å². The molecule has 1 heterocycles. The van der Waals surface area contributed by atoms with Gasteiger partial charge in [-0.1, -0.05) is 41.4 Å². The van der Waals surface area contributed by atoms with Crippen LogP contribution in [0.1, 0.15) is 5.56 Å². The van der Waals surface area contributed by atoms with Crippen LogP contribution < -0.4 is 10.6 Å². The van der Waals surface area contributed by atoms with Gasteiger partial charge in [-0.05, 0) is 30.7 Å². The van der Waals surface area contributed by atoms with Crippen LogP contribution >= 0.6 is 23.2 Å². The highest BCUT2D eigenvalue weighted by atomic mass is 35.5. The maximum atomic E-state index is 11.8. The number of amides is 2. The Morgan fingerprint density at radius 2 is 1.84 bits per heavy atom. The van der Waals surface area contributed by atoms with Gasteiger partial charge < -0.3 is 10.6 Å². The summed E-state index contributed by atoms with van der Waals surface area (Å²) in [6.45, 7) is 1.79. The lowest BCUT2D eigenvalue weighted by molar-refractivity contribution is 0.262. The van der Waals surface area contributed by atoms with Crippen LogP contribution in [0.2, 0.25) is 10.3 Å². The fraction of sp³-hybridized carbons (Fsp3) is 0.0769. The zero-order chi connectivity index (χ0) is 13.8. The highest BCUT2D eigenvalue weighted by Gasteiger charge is 2.11. The number of para-hydroxylation sites is 1. The summed E-state index contributed by atoms with van der Waals surface area (Å²) in [4.78, 5) is 15.7. The standard InChI is InChI=1S/C13H11Cl2N3O/c1-8-7-10(14)17-12(15)11(8)18-13(19)16-9-5-3-2-4-6-9/h2-7H,1H3,(H2,16,18,19). The van der Waals surface area contributed by atoms with E-state index in [0.717, 1.165) is 5.56 Å². The summed E-state index contributed by atoms with van der Waals surface area (Å²) in [5, 5.41) is 5.79. The molecule has 0 saturated heterocycles. The normalized spacial score (nSPS) is 10.1. The summed E-state index contributed by atoms with van der Waals surface area (Å²) < 4.78 is 0. The quantitative estimate of drug-likeness (QED) is 0.810. The van der Waals surface area contributed by atoms with E-state index in [1.807, 2.05) is 18.2 Å². The number of halogens is 2. The molecule has 0 fully saturated rings. The zero-order valence-electron chi connectivity index (χ0n) is 10.1. The minimum atomic E-state index is -0.389. The molecule has 0 spiro atoms. The average molecular weight is 296 g/mol. The molecule has 0 radical (unpaired) electrons. The number of pyridine rings is 1. The Morgan fingerprint density at radius 1 is 1.16 bits per heavy atom. The number of nitrogens with one attached hydrogen (secondary N) is 2. The Hall–Kier alpha value is -1.78. The first-order valence-electron chi connectivity index (χ1n) is 5.52. The van der Waals surface area contributed by atoms with Gasteiger partial charge in [0.25, 0.3) is 0 Å². The van der Waals surface area contributed by atoms with Crippen LogP contribution in [-0.4, -0.2) is 11.0 Å². The lowest BCUT2D eigenvalue weighted by Gasteiger charge is -2.11. The number of rotatable bonds is 2. The molecule has 0 aliphatic carbocycles. The molecule has 2 aromatic rings. The Labute approximate surface area is 120 Å². The van der Waals surface area contributed by atoms with Crippen molar-refractivity contribution in [2.45, 2.75) is 6.92 Å². The van der Waals surface area contributed by atoms with Crippen LogP contribution in [0, 0.1) is 6.92 Å². The number of urea groups is 1. The third-order valence-corrected chi connectivity index (χ3v) is 2.88. The van der Waals surface area contributed by atoms with E-state index in [1.165, 1.54) is 0 Å². The van der Waals surface area contributed by atoms with Crippen LogP contribution in [0.25, 0.3) is 0 Å². The second-order valence-corrected chi connectivity index (χ2v) is 4.62. The number of nitrogens with zero attached hydrogens (tertiary/aromatic N) is 1. The molecule has 0 aliphatic rings. The van der Waals surface area contributed by atoms with Crippen molar-refractivity contribution < 1.29 is 4.79 Å². The van der Waals surface area contributed by atoms with Crippen LogP contribution in [0.3, 0.4) is 0 Å². The number of hydrogen-bond donors (Lipinski definition) is 2. The van der Waals surface area contributed by atoms with Crippen molar-refractivity contribution in [1.29, 1.82) is 0 Å². The van der Waals surface area contributed by atoms with E-state index in [4.69, 9.17) is 23.2 Å². The third-order valence-electron chi connectivity index (χ3n) is 2.41. The van der Waals surface area contributed by atoms with Gasteiger partial charge in [0, 0.05) is 5.69 Å². The number of hydrogen-bond acceptors (Lipinski definition) is 2. The predicted molar refractivity (Wildman–Crippen MR) is 78.1 cm³/mol. The molecule has 98 valence electrons. The first-order chi connectivity index (χ1) is 9.06. The Morgan fingerprint density at radius 3 is 2.47 bits per heavy atom. The minimum absolute atomic E-state index is 0.160. The molecule has 6 heteroatoms. The highest BCUT2D eigenvalue weighted by Crippen LogP contribution is 2.26. The first-order valence-corrected chi connectivity index (χ1v) is 6.27. The van der Waals surface area contributed by atoms with Gasteiger partial charge in [-0.3, -0.25) is 0 Å². The largest absolute Gasteiger partial charge is 0.323 e. The number of aryl methyl sites for hydroxylation is 1. The summed E-state index contributed by atoms with van der Waals surface area (Å²) >= 11 is 11.7. The first kappa shape index (κ1) is 13.6. The number of carbonyl (C=O) groups excluding carboxylic acids is 1. The number of carbonyl (C=O) groups is 1. The summed E-state index contributed by atoms with van der Waals surface area (Å²) in [7, 11) is 0. The molecule has 2 amide bonds. The van der Waals surface area contributed by atoms with E-state index in [0.29, 0.717) is 11.4 Å². The van der Waals surface area contributed by atoms with E-state index in [-0.39, 0.29) is 16.3 Å². The van der Waals surface area contributed by atoms with Gasteiger partial charge in [0.15, 0.2) is 5.15 Å². The van der Waals surface area contributed by atoms with Crippen LogP contribution in [0.5, 0.6) is 0 Å². The molecule has 0 saturated carbocycles. The fourth-order valence-corrected chi connectivity index (χ4v) is 2.12. The molecule has 19 heavy (non-hydrogen) atoms. The van der Waals surface area contributed by atoms with Gasteiger partial charge in [0.2, 0.25) is 0 Å². The summed E-state index contributed by atoms with van der Waals surface area (Å²) in [6, 6.07) is 10.3. The van der Waals surface area contributed by atoms with Crippen molar-refractivity contribution in [2.75, 3.05) is 10.6 Å². The van der Waals surface area contributed by atoms with E-state index in [9.17, 15) is 4.79 Å². The van der Waals surface area contributed by atoms with Crippen LogP contribution in [0.4, 0.5) is 16.2 Å². The maximum Gasteiger partial charge on any atom is 0.323 e. The third kappa shape index (κ3) is 3.59. The number of benzene rings is 1. The van der Waals surface area contributed by atoms with Crippen molar-refractivity contribution >= 4 is 40.6 Å².